The van der Waals surface area contributed by atoms with Crippen molar-refractivity contribution in [1.82, 2.24) is 9.97 Å². The van der Waals surface area contributed by atoms with Crippen molar-refractivity contribution in [2.75, 3.05) is 31.7 Å². The van der Waals surface area contributed by atoms with Crippen molar-refractivity contribution < 1.29 is 9.84 Å². The maximum atomic E-state index is 11.7. The number of aliphatic hydroxyl groups excluding tert-OH is 1. The smallest absolute Gasteiger partial charge is 0.255 e. The molecule has 1 aromatic heterocycles. The Bertz CT molecular complexity index is 403. The van der Waals surface area contributed by atoms with Gasteiger partial charge < -0.3 is 15.2 Å². The number of nitrogens with one attached hydrogen (secondary N) is 2. The number of aromatic amines is 1. The summed E-state index contributed by atoms with van der Waals surface area (Å²) in [5, 5.41) is 11.8. The number of aromatic nitrogens is 2. The summed E-state index contributed by atoms with van der Waals surface area (Å²) in [7, 11) is 0. The Labute approximate surface area is 100 Å². The number of hydrogen-bond acceptors (Lipinski definition) is 5. The zero-order chi connectivity index (χ0) is 12.7. The number of rotatable bonds is 7. The molecule has 17 heavy (non-hydrogen) atoms. The van der Waals surface area contributed by atoms with E-state index in [9.17, 15) is 4.79 Å². The summed E-state index contributed by atoms with van der Waals surface area (Å²) in [6.07, 6.45) is 0.327. The lowest BCUT2D eigenvalue weighted by molar-refractivity contribution is 0.158. The third-order valence-corrected chi connectivity index (χ3v) is 2.33. The van der Waals surface area contributed by atoms with Crippen molar-refractivity contribution in [3.8, 4) is 0 Å². The number of hydrogen-bond donors (Lipinski definition) is 3. The standard InChI is InChI=1S/C11H19N3O3/c1-3-17-7-5-12-11-13-8(2)9(4-6-15)10(16)14-11/h15H,3-7H2,1-2H3,(H2,12,13,14,16). The minimum Gasteiger partial charge on any atom is -0.396 e. The van der Waals surface area contributed by atoms with Crippen molar-refractivity contribution in [1.29, 1.82) is 0 Å². The fraction of sp³-hybridized carbons (Fsp3) is 0.636. The van der Waals surface area contributed by atoms with Crippen LogP contribution in [0.15, 0.2) is 4.79 Å². The number of aryl methyl sites for hydroxylation is 1. The van der Waals surface area contributed by atoms with E-state index < -0.39 is 0 Å². The number of ether oxygens (including phenoxy) is 1. The molecule has 0 saturated carbocycles. The van der Waals surface area contributed by atoms with E-state index in [-0.39, 0.29) is 12.2 Å². The first-order valence-corrected chi connectivity index (χ1v) is 5.71. The van der Waals surface area contributed by atoms with Gasteiger partial charge >= 0.3 is 0 Å². The first kappa shape index (κ1) is 13.7. The molecule has 0 saturated heterocycles. The van der Waals surface area contributed by atoms with E-state index in [2.05, 4.69) is 15.3 Å². The maximum absolute atomic E-state index is 11.7. The van der Waals surface area contributed by atoms with Gasteiger partial charge in [-0.2, -0.15) is 0 Å². The predicted molar refractivity (Wildman–Crippen MR) is 65.4 cm³/mol. The molecule has 0 aliphatic carbocycles. The lowest BCUT2D eigenvalue weighted by Crippen LogP contribution is -2.21. The van der Waals surface area contributed by atoms with Crippen LogP contribution < -0.4 is 10.9 Å². The van der Waals surface area contributed by atoms with Gasteiger partial charge in [0.2, 0.25) is 5.95 Å². The second-order valence-corrected chi connectivity index (χ2v) is 3.58. The van der Waals surface area contributed by atoms with Crippen LogP contribution in [0.3, 0.4) is 0 Å². The zero-order valence-corrected chi connectivity index (χ0v) is 10.2. The van der Waals surface area contributed by atoms with Crippen LogP contribution in [0.1, 0.15) is 18.2 Å². The quantitative estimate of drug-likeness (QED) is 0.588. The highest BCUT2D eigenvalue weighted by Gasteiger charge is 2.06. The maximum Gasteiger partial charge on any atom is 0.255 e. The Morgan fingerprint density at radius 1 is 1.53 bits per heavy atom. The zero-order valence-electron chi connectivity index (χ0n) is 10.2. The summed E-state index contributed by atoms with van der Waals surface area (Å²) in [5.41, 5.74) is 0.968. The molecule has 1 rings (SSSR count). The lowest BCUT2D eigenvalue weighted by Gasteiger charge is -2.08. The van der Waals surface area contributed by atoms with E-state index in [0.29, 0.717) is 43.4 Å². The van der Waals surface area contributed by atoms with E-state index in [4.69, 9.17) is 9.84 Å². The highest BCUT2D eigenvalue weighted by molar-refractivity contribution is 5.29. The summed E-state index contributed by atoms with van der Waals surface area (Å²) in [5.74, 6) is 0.439. The Balaban J connectivity index is 2.66. The third-order valence-electron chi connectivity index (χ3n) is 2.33. The first-order valence-electron chi connectivity index (χ1n) is 5.71. The molecule has 6 heteroatoms. The summed E-state index contributed by atoms with van der Waals surface area (Å²) in [4.78, 5) is 18.5. The van der Waals surface area contributed by atoms with Gasteiger partial charge in [0.25, 0.3) is 5.56 Å². The molecule has 0 atom stereocenters. The number of nitrogens with zero attached hydrogens (tertiary/aromatic N) is 1. The van der Waals surface area contributed by atoms with Crippen LogP contribution in [0.2, 0.25) is 0 Å². The van der Waals surface area contributed by atoms with Gasteiger partial charge in [0.1, 0.15) is 0 Å². The number of aliphatic hydroxyl groups is 1. The van der Waals surface area contributed by atoms with Gasteiger partial charge in [-0.1, -0.05) is 0 Å². The van der Waals surface area contributed by atoms with Crippen LogP contribution in [0, 0.1) is 6.92 Å². The molecule has 0 radical (unpaired) electrons. The Hall–Kier alpha value is -1.40. The van der Waals surface area contributed by atoms with Gasteiger partial charge in [-0.25, -0.2) is 4.98 Å². The van der Waals surface area contributed by atoms with E-state index in [1.165, 1.54) is 0 Å². The van der Waals surface area contributed by atoms with Crippen LogP contribution in [-0.4, -0.2) is 41.4 Å². The molecule has 96 valence electrons. The van der Waals surface area contributed by atoms with Gasteiger partial charge in [-0.15, -0.1) is 0 Å². The Kier molecular flexibility index (Phi) is 5.65. The van der Waals surface area contributed by atoms with E-state index in [0.717, 1.165) is 0 Å². The molecule has 1 heterocycles. The molecule has 0 bridgehead atoms. The molecule has 0 aliphatic heterocycles. The van der Waals surface area contributed by atoms with Crippen molar-refractivity contribution >= 4 is 5.95 Å². The second kappa shape index (κ2) is 7.03. The van der Waals surface area contributed by atoms with Crippen LogP contribution in [0.25, 0.3) is 0 Å². The summed E-state index contributed by atoms with van der Waals surface area (Å²) in [6.45, 7) is 5.46. The monoisotopic (exact) mass is 241 g/mol. The lowest BCUT2D eigenvalue weighted by atomic mass is 10.2. The largest absolute Gasteiger partial charge is 0.396 e. The average Bonchev–Trinajstić information content (AvgIpc) is 2.29. The fourth-order valence-corrected chi connectivity index (χ4v) is 1.49. The molecule has 0 fully saturated rings. The molecule has 0 aliphatic rings. The molecular formula is C11H19N3O3. The summed E-state index contributed by atoms with van der Waals surface area (Å²) < 4.78 is 5.16. The van der Waals surface area contributed by atoms with Gasteiger partial charge in [0, 0.05) is 31.7 Å². The van der Waals surface area contributed by atoms with Crippen molar-refractivity contribution in [2.24, 2.45) is 0 Å². The van der Waals surface area contributed by atoms with Gasteiger partial charge in [0.15, 0.2) is 0 Å². The minimum atomic E-state index is -0.203. The highest BCUT2D eigenvalue weighted by Crippen LogP contribution is 2.02. The van der Waals surface area contributed by atoms with Crippen LogP contribution in [0.4, 0.5) is 5.95 Å². The minimum absolute atomic E-state index is 0.0529. The predicted octanol–water partition coefficient (Wildman–Crippen LogP) is 0.0615. The molecule has 3 N–H and O–H groups in total. The van der Waals surface area contributed by atoms with Crippen LogP contribution in [-0.2, 0) is 11.2 Å². The van der Waals surface area contributed by atoms with E-state index in [1.54, 1.807) is 6.92 Å². The Morgan fingerprint density at radius 3 is 2.88 bits per heavy atom. The van der Waals surface area contributed by atoms with E-state index >= 15 is 0 Å². The molecule has 0 unspecified atom stereocenters. The molecular weight excluding hydrogens is 222 g/mol. The fourth-order valence-electron chi connectivity index (χ4n) is 1.49. The summed E-state index contributed by atoms with van der Waals surface area (Å²) >= 11 is 0. The third kappa shape index (κ3) is 4.16. The molecule has 1 aromatic rings. The second-order valence-electron chi connectivity index (χ2n) is 3.58. The number of anilines is 1. The highest BCUT2D eigenvalue weighted by atomic mass is 16.5. The molecule has 6 nitrogen and oxygen atoms in total. The number of H-pyrrole nitrogens is 1. The van der Waals surface area contributed by atoms with Gasteiger partial charge in [-0.3, -0.25) is 9.78 Å². The summed E-state index contributed by atoms with van der Waals surface area (Å²) in [6, 6.07) is 0. The van der Waals surface area contributed by atoms with Crippen molar-refractivity contribution in [3.05, 3.63) is 21.6 Å². The molecule has 0 aromatic carbocycles. The molecule has 0 amide bonds. The van der Waals surface area contributed by atoms with Crippen LogP contribution >= 0.6 is 0 Å². The van der Waals surface area contributed by atoms with Gasteiger partial charge in [-0.05, 0) is 13.8 Å². The molecule has 0 spiro atoms. The normalized spacial score (nSPS) is 10.5. The van der Waals surface area contributed by atoms with Gasteiger partial charge in [0.05, 0.1) is 12.3 Å². The Morgan fingerprint density at radius 2 is 2.29 bits per heavy atom. The SMILES string of the molecule is CCOCCNc1nc(C)c(CCO)c(=O)[nH]1. The van der Waals surface area contributed by atoms with Crippen molar-refractivity contribution in [2.45, 2.75) is 20.3 Å². The average molecular weight is 241 g/mol. The first-order chi connectivity index (χ1) is 8.19. The van der Waals surface area contributed by atoms with E-state index in [1.807, 2.05) is 6.92 Å². The van der Waals surface area contributed by atoms with Crippen LogP contribution in [0.5, 0.6) is 0 Å². The van der Waals surface area contributed by atoms with Crippen molar-refractivity contribution in [3.63, 3.8) is 0 Å². The topological polar surface area (TPSA) is 87.2 Å².